The lowest BCUT2D eigenvalue weighted by molar-refractivity contribution is 0.0960. The van der Waals surface area contributed by atoms with Crippen LogP contribution in [-0.2, 0) is 6.54 Å². The van der Waals surface area contributed by atoms with Gasteiger partial charge in [0.05, 0.1) is 7.11 Å². The molecule has 1 aliphatic heterocycles. The Morgan fingerprint density at radius 1 is 1.29 bits per heavy atom. The topological polar surface area (TPSA) is 44.7 Å². The number of phenolic OH excluding ortho intramolecular Hbond substituents is 1. The van der Waals surface area contributed by atoms with E-state index in [1.807, 2.05) is 12.1 Å². The molecule has 118 valence electrons. The maximum absolute atomic E-state index is 9.97. The van der Waals surface area contributed by atoms with Gasteiger partial charge in [0.25, 0.3) is 0 Å². The number of hydrogen-bond acceptors (Lipinski definition) is 4. The van der Waals surface area contributed by atoms with Gasteiger partial charge in [0, 0.05) is 42.8 Å². The maximum atomic E-state index is 9.97. The highest BCUT2D eigenvalue weighted by molar-refractivity contribution is 5.39. The highest BCUT2D eigenvalue weighted by Crippen LogP contribution is 2.24. The van der Waals surface area contributed by atoms with Crippen LogP contribution < -0.4 is 10.1 Å². The zero-order chi connectivity index (χ0) is 15.5. The van der Waals surface area contributed by atoms with E-state index in [0.717, 1.165) is 31.5 Å². The van der Waals surface area contributed by atoms with Crippen molar-refractivity contribution in [2.75, 3.05) is 20.2 Å². The molecule has 0 saturated carbocycles. The fourth-order valence-corrected chi connectivity index (χ4v) is 2.83. The Hall–Kier alpha value is -1.26. The molecule has 0 bridgehead atoms. The van der Waals surface area contributed by atoms with E-state index < -0.39 is 0 Å². The van der Waals surface area contributed by atoms with Crippen LogP contribution in [-0.4, -0.2) is 41.8 Å². The average molecular weight is 292 g/mol. The lowest BCUT2D eigenvalue weighted by Gasteiger charge is -2.41. The van der Waals surface area contributed by atoms with Crippen molar-refractivity contribution in [3.05, 3.63) is 23.8 Å². The highest BCUT2D eigenvalue weighted by Gasteiger charge is 2.26. The van der Waals surface area contributed by atoms with E-state index >= 15 is 0 Å². The van der Waals surface area contributed by atoms with Crippen molar-refractivity contribution in [3.63, 3.8) is 0 Å². The number of rotatable bonds is 4. The molecule has 2 N–H and O–H groups in total. The minimum atomic E-state index is 0.263. The van der Waals surface area contributed by atoms with E-state index in [9.17, 15) is 5.11 Å². The normalized spacial score (nSPS) is 17.9. The third-order valence-corrected chi connectivity index (χ3v) is 4.32. The Labute approximate surface area is 128 Å². The average Bonchev–Trinajstić information content (AvgIpc) is 2.45. The molecule has 4 nitrogen and oxygen atoms in total. The Bertz CT molecular complexity index is 460. The highest BCUT2D eigenvalue weighted by atomic mass is 16.5. The summed E-state index contributed by atoms with van der Waals surface area (Å²) in [5.74, 6) is 0.990. The van der Waals surface area contributed by atoms with Crippen molar-refractivity contribution >= 4 is 0 Å². The molecule has 1 aromatic rings. The lowest BCUT2D eigenvalue weighted by atomic mass is 9.98. The first-order valence-corrected chi connectivity index (χ1v) is 7.74. The second-order valence-corrected chi connectivity index (χ2v) is 6.81. The van der Waals surface area contributed by atoms with Crippen LogP contribution in [0.1, 0.15) is 39.2 Å². The molecule has 1 fully saturated rings. The van der Waals surface area contributed by atoms with Gasteiger partial charge in [0.15, 0.2) is 0 Å². The number of hydrogen-bond donors (Lipinski definition) is 2. The van der Waals surface area contributed by atoms with Crippen molar-refractivity contribution in [2.24, 2.45) is 0 Å². The van der Waals surface area contributed by atoms with Crippen molar-refractivity contribution < 1.29 is 9.84 Å². The molecular weight excluding hydrogens is 264 g/mol. The van der Waals surface area contributed by atoms with E-state index in [2.05, 4.69) is 31.0 Å². The van der Waals surface area contributed by atoms with Crippen LogP contribution >= 0.6 is 0 Å². The molecule has 1 aliphatic rings. The van der Waals surface area contributed by atoms with E-state index in [1.165, 1.54) is 0 Å². The number of piperidine rings is 1. The molecule has 1 saturated heterocycles. The van der Waals surface area contributed by atoms with Gasteiger partial charge in [-0.3, -0.25) is 4.90 Å². The van der Waals surface area contributed by atoms with Crippen molar-refractivity contribution in [2.45, 2.75) is 51.7 Å². The van der Waals surface area contributed by atoms with Crippen molar-refractivity contribution in [3.8, 4) is 11.5 Å². The molecule has 2 rings (SSSR count). The quantitative estimate of drug-likeness (QED) is 0.895. The number of nitrogens with one attached hydrogen (secondary N) is 1. The molecule has 4 heteroatoms. The summed E-state index contributed by atoms with van der Waals surface area (Å²) in [6, 6.07) is 6.01. The first-order valence-electron chi connectivity index (χ1n) is 7.74. The van der Waals surface area contributed by atoms with E-state index in [0.29, 0.717) is 24.1 Å². The standard InChI is InChI=1S/C17H28N2O2/c1-17(2,3)19-9-7-14(8-10-19)18-12-13-5-6-15(21-4)11-16(13)20/h5-6,11,14,18,20H,7-10,12H2,1-4H3. The maximum Gasteiger partial charge on any atom is 0.123 e. The summed E-state index contributed by atoms with van der Waals surface area (Å²) in [6.07, 6.45) is 2.32. The summed E-state index contributed by atoms with van der Waals surface area (Å²) in [5, 5.41) is 13.5. The zero-order valence-electron chi connectivity index (χ0n) is 13.6. The van der Waals surface area contributed by atoms with Crippen LogP contribution in [0.3, 0.4) is 0 Å². The largest absolute Gasteiger partial charge is 0.507 e. The van der Waals surface area contributed by atoms with Crippen LogP contribution in [0.4, 0.5) is 0 Å². The Morgan fingerprint density at radius 3 is 2.48 bits per heavy atom. The molecule has 0 aromatic heterocycles. The van der Waals surface area contributed by atoms with Crippen molar-refractivity contribution in [1.29, 1.82) is 0 Å². The van der Waals surface area contributed by atoms with Gasteiger partial charge < -0.3 is 15.2 Å². The van der Waals surface area contributed by atoms with Gasteiger partial charge in [-0.05, 0) is 39.7 Å². The smallest absolute Gasteiger partial charge is 0.123 e. The van der Waals surface area contributed by atoms with Crippen LogP contribution in [0.25, 0.3) is 0 Å². The van der Waals surface area contributed by atoms with Crippen LogP contribution in [0.15, 0.2) is 18.2 Å². The molecule has 21 heavy (non-hydrogen) atoms. The fraction of sp³-hybridized carbons (Fsp3) is 0.647. The van der Waals surface area contributed by atoms with E-state index in [4.69, 9.17) is 4.74 Å². The molecule has 1 heterocycles. The molecule has 0 aliphatic carbocycles. The van der Waals surface area contributed by atoms with Gasteiger partial charge in [0.2, 0.25) is 0 Å². The van der Waals surface area contributed by atoms with Crippen LogP contribution in [0.5, 0.6) is 11.5 Å². The summed E-state index contributed by atoms with van der Waals surface area (Å²) in [5.41, 5.74) is 1.19. The number of benzene rings is 1. The molecular formula is C17H28N2O2. The molecule has 0 amide bonds. The lowest BCUT2D eigenvalue weighted by Crippen LogP contribution is -2.49. The zero-order valence-corrected chi connectivity index (χ0v) is 13.6. The number of ether oxygens (including phenoxy) is 1. The SMILES string of the molecule is COc1ccc(CNC2CCN(C(C)(C)C)CC2)c(O)c1. The Kier molecular flexibility index (Phi) is 5.12. The van der Waals surface area contributed by atoms with E-state index in [-0.39, 0.29) is 5.54 Å². The first-order chi connectivity index (χ1) is 9.90. The summed E-state index contributed by atoms with van der Waals surface area (Å²) in [6.45, 7) is 9.80. The number of methoxy groups -OCH3 is 1. The first kappa shape index (κ1) is 16.1. The van der Waals surface area contributed by atoms with Gasteiger partial charge in [-0.1, -0.05) is 6.07 Å². The molecule has 0 atom stereocenters. The Morgan fingerprint density at radius 2 is 1.95 bits per heavy atom. The molecule has 0 radical (unpaired) electrons. The third kappa shape index (κ3) is 4.35. The Balaban J connectivity index is 1.82. The van der Waals surface area contributed by atoms with E-state index in [1.54, 1.807) is 13.2 Å². The summed E-state index contributed by atoms with van der Waals surface area (Å²) in [4.78, 5) is 2.54. The van der Waals surface area contributed by atoms with Gasteiger partial charge in [0.1, 0.15) is 11.5 Å². The van der Waals surface area contributed by atoms with Gasteiger partial charge >= 0.3 is 0 Å². The molecule has 1 aromatic carbocycles. The molecule has 0 spiro atoms. The number of aromatic hydroxyl groups is 1. The number of phenols is 1. The minimum Gasteiger partial charge on any atom is -0.507 e. The fourth-order valence-electron chi connectivity index (χ4n) is 2.83. The van der Waals surface area contributed by atoms with Crippen LogP contribution in [0.2, 0.25) is 0 Å². The van der Waals surface area contributed by atoms with Gasteiger partial charge in [-0.25, -0.2) is 0 Å². The molecule has 0 unspecified atom stereocenters. The van der Waals surface area contributed by atoms with Crippen molar-refractivity contribution in [1.82, 2.24) is 10.2 Å². The number of likely N-dealkylation sites (tertiary alicyclic amines) is 1. The summed E-state index contributed by atoms with van der Waals surface area (Å²) >= 11 is 0. The predicted molar refractivity (Wildman–Crippen MR) is 85.8 cm³/mol. The number of nitrogens with zero attached hydrogens (tertiary/aromatic N) is 1. The van der Waals surface area contributed by atoms with Gasteiger partial charge in [-0.15, -0.1) is 0 Å². The second kappa shape index (κ2) is 6.67. The third-order valence-electron chi connectivity index (χ3n) is 4.32. The van der Waals surface area contributed by atoms with Gasteiger partial charge in [-0.2, -0.15) is 0 Å². The minimum absolute atomic E-state index is 0.263. The second-order valence-electron chi connectivity index (χ2n) is 6.81. The monoisotopic (exact) mass is 292 g/mol. The summed E-state index contributed by atoms with van der Waals surface area (Å²) < 4.78 is 5.10. The summed E-state index contributed by atoms with van der Waals surface area (Å²) in [7, 11) is 1.61. The van der Waals surface area contributed by atoms with Crippen LogP contribution in [0, 0.1) is 0 Å². The predicted octanol–water partition coefficient (Wildman–Crippen LogP) is 2.75.